The van der Waals surface area contributed by atoms with Crippen LogP contribution in [-0.2, 0) is 14.3 Å². The molecule has 168 valence electrons. The molecule has 6 heteroatoms. The van der Waals surface area contributed by atoms with E-state index >= 15 is 0 Å². The Hall–Kier alpha value is -2.60. The Morgan fingerprint density at radius 3 is 2.38 bits per heavy atom. The minimum absolute atomic E-state index is 0.145. The summed E-state index contributed by atoms with van der Waals surface area (Å²) < 4.78 is 17.8. The monoisotopic (exact) mass is 453 g/mol. The lowest BCUT2D eigenvalue weighted by Crippen LogP contribution is -2.45. The minimum atomic E-state index is -0.809. The molecule has 0 aromatic heterocycles. The SMILES string of the molecule is CC(C)COc1ccc(NC(=O)C2(C)COC(c3ccc(Cl)cc3)OC2)c2ccccc12. The number of anilines is 1. The molecule has 0 aliphatic carbocycles. The second-order valence-corrected chi connectivity index (χ2v) is 9.32. The lowest BCUT2D eigenvalue weighted by atomic mass is 9.90. The lowest BCUT2D eigenvalue weighted by molar-refractivity contribution is -0.226. The highest BCUT2D eigenvalue weighted by atomic mass is 35.5. The predicted octanol–water partition coefficient (Wildman–Crippen LogP) is 6.22. The number of amides is 1. The van der Waals surface area contributed by atoms with Gasteiger partial charge in [-0.3, -0.25) is 4.79 Å². The van der Waals surface area contributed by atoms with Crippen LogP contribution in [-0.4, -0.2) is 25.7 Å². The molecule has 0 unspecified atom stereocenters. The molecule has 1 aliphatic heterocycles. The van der Waals surface area contributed by atoms with Crippen molar-refractivity contribution >= 4 is 34.0 Å². The maximum atomic E-state index is 13.2. The summed E-state index contributed by atoms with van der Waals surface area (Å²) in [6.45, 7) is 7.21. The zero-order chi connectivity index (χ0) is 22.7. The molecule has 1 heterocycles. The van der Waals surface area contributed by atoms with Gasteiger partial charge in [0.1, 0.15) is 5.75 Å². The molecular weight excluding hydrogens is 426 g/mol. The van der Waals surface area contributed by atoms with Crippen molar-refractivity contribution in [2.45, 2.75) is 27.1 Å². The van der Waals surface area contributed by atoms with Crippen molar-refractivity contribution in [3.8, 4) is 5.75 Å². The smallest absolute Gasteiger partial charge is 0.235 e. The van der Waals surface area contributed by atoms with E-state index in [1.807, 2.05) is 55.5 Å². The molecule has 1 aliphatic rings. The van der Waals surface area contributed by atoms with Crippen LogP contribution in [0.3, 0.4) is 0 Å². The van der Waals surface area contributed by atoms with E-state index in [-0.39, 0.29) is 19.1 Å². The van der Waals surface area contributed by atoms with Gasteiger partial charge in [0.25, 0.3) is 0 Å². The van der Waals surface area contributed by atoms with Crippen LogP contribution in [0.4, 0.5) is 5.69 Å². The molecule has 1 saturated heterocycles. The number of hydrogen-bond donors (Lipinski definition) is 1. The summed E-state index contributed by atoms with van der Waals surface area (Å²) in [5.74, 6) is 1.10. The summed E-state index contributed by atoms with van der Waals surface area (Å²) in [6, 6.07) is 19.0. The highest BCUT2D eigenvalue weighted by Crippen LogP contribution is 2.36. The zero-order valence-electron chi connectivity index (χ0n) is 18.6. The Kier molecular flexibility index (Phi) is 6.70. The standard InChI is InChI=1S/C26H28ClNO4/c1-17(2)14-30-23-13-12-22(20-6-4-5-7-21(20)23)28-25(29)26(3)15-31-24(32-16-26)18-8-10-19(27)11-9-18/h4-13,17,24H,14-16H2,1-3H3,(H,28,29). The molecule has 1 N–H and O–H groups in total. The topological polar surface area (TPSA) is 56.8 Å². The maximum absolute atomic E-state index is 13.2. The van der Waals surface area contributed by atoms with Crippen molar-refractivity contribution in [3.05, 3.63) is 71.2 Å². The van der Waals surface area contributed by atoms with Crippen LogP contribution >= 0.6 is 11.6 Å². The third kappa shape index (κ3) is 4.90. The van der Waals surface area contributed by atoms with Gasteiger partial charge in [-0.1, -0.05) is 61.8 Å². The van der Waals surface area contributed by atoms with Crippen LogP contribution in [0.15, 0.2) is 60.7 Å². The molecule has 0 radical (unpaired) electrons. The van der Waals surface area contributed by atoms with Crippen molar-refractivity contribution < 1.29 is 19.0 Å². The van der Waals surface area contributed by atoms with Gasteiger partial charge in [0.05, 0.1) is 25.2 Å². The molecule has 0 bridgehead atoms. The average molecular weight is 454 g/mol. The third-order valence-corrected chi connectivity index (χ3v) is 5.75. The first-order valence-electron chi connectivity index (χ1n) is 10.8. The molecule has 3 aromatic rings. The molecular formula is C26H28ClNO4. The van der Waals surface area contributed by atoms with Gasteiger partial charge in [-0.2, -0.15) is 0 Å². The molecule has 1 amide bonds. The second-order valence-electron chi connectivity index (χ2n) is 8.88. The summed E-state index contributed by atoms with van der Waals surface area (Å²) in [5.41, 5.74) is 0.806. The van der Waals surface area contributed by atoms with Crippen molar-refractivity contribution in [2.75, 3.05) is 25.1 Å². The van der Waals surface area contributed by atoms with Crippen molar-refractivity contribution in [1.82, 2.24) is 0 Å². The Labute approximate surface area is 193 Å². The number of fused-ring (bicyclic) bond motifs is 1. The summed E-state index contributed by atoms with van der Waals surface area (Å²) in [5, 5.41) is 5.63. The fourth-order valence-electron chi connectivity index (χ4n) is 3.59. The summed E-state index contributed by atoms with van der Waals surface area (Å²) in [7, 11) is 0. The van der Waals surface area contributed by atoms with Gasteiger partial charge in [-0.25, -0.2) is 0 Å². The van der Waals surface area contributed by atoms with Gasteiger partial charge in [0, 0.05) is 27.0 Å². The van der Waals surface area contributed by atoms with Gasteiger partial charge in [-0.15, -0.1) is 0 Å². The van der Waals surface area contributed by atoms with E-state index in [4.69, 9.17) is 25.8 Å². The number of halogens is 1. The van der Waals surface area contributed by atoms with E-state index in [0.717, 1.165) is 27.8 Å². The Balaban J connectivity index is 1.48. The average Bonchev–Trinajstić information content (AvgIpc) is 2.79. The molecule has 0 spiro atoms. The third-order valence-electron chi connectivity index (χ3n) is 5.50. The van der Waals surface area contributed by atoms with E-state index in [1.165, 1.54) is 0 Å². The highest BCUT2D eigenvalue weighted by molar-refractivity contribution is 6.30. The summed E-state index contributed by atoms with van der Waals surface area (Å²) >= 11 is 5.95. The lowest BCUT2D eigenvalue weighted by Gasteiger charge is -2.36. The first kappa shape index (κ1) is 22.6. The quantitative estimate of drug-likeness (QED) is 0.481. The molecule has 0 atom stereocenters. The van der Waals surface area contributed by atoms with Gasteiger partial charge in [0.2, 0.25) is 5.91 Å². The van der Waals surface area contributed by atoms with Crippen LogP contribution in [0.25, 0.3) is 10.8 Å². The molecule has 4 rings (SSSR count). The van der Waals surface area contributed by atoms with Gasteiger partial charge in [0.15, 0.2) is 6.29 Å². The largest absolute Gasteiger partial charge is 0.493 e. The van der Waals surface area contributed by atoms with Crippen molar-refractivity contribution in [2.24, 2.45) is 11.3 Å². The van der Waals surface area contributed by atoms with E-state index in [0.29, 0.717) is 17.5 Å². The van der Waals surface area contributed by atoms with Crippen LogP contribution in [0.5, 0.6) is 5.75 Å². The number of benzene rings is 3. The Morgan fingerprint density at radius 2 is 1.72 bits per heavy atom. The molecule has 0 saturated carbocycles. The van der Waals surface area contributed by atoms with E-state index < -0.39 is 11.7 Å². The number of rotatable bonds is 6. The van der Waals surface area contributed by atoms with Gasteiger partial charge in [-0.05, 0) is 37.1 Å². The molecule has 32 heavy (non-hydrogen) atoms. The van der Waals surface area contributed by atoms with Crippen LogP contribution in [0.2, 0.25) is 5.02 Å². The van der Waals surface area contributed by atoms with Crippen LogP contribution < -0.4 is 10.1 Å². The Morgan fingerprint density at radius 1 is 1.06 bits per heavy atom. The number of ether oxygens (including phenoxy) is 3. The van der Waals surface area contributed by atoms with Gasteiger partial charge < -0.3 is 19.5 Å². The zero-order valence-corrected chi connectivity index (χ0v) is 19.3. The molecule has 3 aromatic carbocycles. The van der Waals surface area contributed by atoms with E-state index in [1.54, 1.807) is 12.1 Å². The highest BCUT2D eigenvalue weighted by Gasteiger charge is 2.40. The van der Waals surface area contributed by atoms with E-state index in [9.17, 15) is 4.79 Å². The minimum Gasteiger partial charge on any atom is -0.493 e. The van der Waals surface area contributed by atoms with Crippen molar-refractivity contribution in [1.29, 1.82) is 0 Å². The number of hydrogen-bond acceptors (Lipinski definition) is 4. The fourth-order valence-corrected chi connectivity index (χ4v) is 3.71. The van der Waals surface area contributed by atoms with Crippen LogP contribution in [0.1, 0.15) is 32.6 Å². The number of carbonyl (C=O) groups excluding carboxylic acids is 1. The predicted molar refractivity (Wildman–Crippen MR) is 127 cm³/mol. The normalized spacial score (nSPS) is 21.0. The van der Waals surface area contributed by atoms with E-state index in [2.05, 4.69) is 19.2 Å². The maximum Gasteiger partial charge on any atom is 0.235 e. The summed E-state index contributed by atoms with van der Waals surface area (Å²) in [4.78, 5) is 13.2. The second kappa shape index (κ2) is 9.49. The van der Waals surface area contributed by atoms with Crippen molar-refractivity contribution in [3.63, 3.8) is 0 Å². The molecule has 5 nitrogen and oxygen atoms in total. The number of nitrogens with one attached hydrogen (secondary N) is 1. The molecule has 1 fully saturated rings. The Bertz CT molecular complexity index is 1090. The number of carbonyl (C=O) groups is 1. The van der Waals surface area contributed by atoms with Gasteiger partial charge >= 0.3 is 0 Å². The fraction of sp³-hybridized carbons (Fsp3) is 0.346. The summed E-state index contributed by atoms with van der Waals surface area (Å²) in [6.07, 6.45) is -0.508. The first-order chi connectivity index (χ1) is 15.4. The first-order valence-corrected chi connectivity index (χ1v) is 11.2. The van der Waals surface area contributed by atoms with Crippen LogP contribution in [0, 0.1) is 11.3 Å².